The molecule has 1 aromatic carbocycles. The van der Waals surface area contributed by atoms with Crippen LogP contribution in [-0.4, -0.2) is 17.4 Å². The van der Waals surface area contributed by atoms with E-state index in [1.54, 1.807) is 18.5 Å². The molecule has 1 amide bonds. The molecule has 21 heavy (non-hydrogen) atoms. The van der Waals surface area contributed by atoms with Crippen LogP contribution >= 0.6 is 0 Å². The van der Waals surface area contributed by atoms with Crippen LogP contribution in [0.2, 0.25) is 0 Å². The highest BCUT2D eigenvalue weighted by Crippen LogP contribution is 2.17. The van der Waals surface area contributed by atoms with Gasteiger partial charge >= 0.3 is 0 Å². The van der Waals surface area contributed by atoms with Gasteiger partial charge < -0.3 is 5.32 Å². The fraction of sp³-hybridized carbons (Fsp3) is 0.250. The molecule has 0 unspecified atom stereocenters. The average Bonchev–Trinajstić information content (AvgIpc) is 2.48. The van der Waals surface area contributed by atoms with E-state index in [1.807, 2.05) is 13.0 Å². The van der Waals surface area contributed by atoms with E-state index in [1.165, 1.54) is 6.07 Å². The number of aromatic nitrogens is 1. The number of carbonyl (C=O) groups excluding carboxylic acids is 1. The van der Waals surface area contributed by atoms with E-state index >= 15 is 0 Å². The molecule has 2 aromatic rings. The van der Waals surface area contributed by atoms with Gasteiger partial charge in [-0.3, -0.25) is 9.78 Å². The smallest absolute Gasteiger partial charge is 0.224 e. The van der Waals surface area contributed by atoms with Gasteiger partial charge in [0.05, 0.1) is 6.42 Å². The van der Waals surface area contributed by atoms with Gasteiger partial charge in [-0.25, -0.2) is 8.78 Å². The van der Waals surface area contributed by atoms with Crippen LogP contribution < -0.4 is 5.32 Å². The SMILES string of the molecule is C[C@@H](CNC(=O)Cc1cccnc1)c1ccc(F)c(F)c1. The van der Waals surface area contributed by atoms with Crippen LogP contribution in [0.1, 0.15) is 24.0 Å². The minimum Gasteiger partial charge on any atom is -0.355 e. The van der Waals surface area contributed by atoms with E-state index in [9.17, 15) is 13.6 Å². The predicted octanol–water partition coefficient (Wildman–Crippen LogP) is 2.82. The van der Waals surface area contributed by atoms with Gasteiger partial charge in [-0.1, -0.05) is 19.1 Å². The number of hydrogen-bond donors (Lipinski definition) is 1. The maximum absolute atomic E-state index is 13.2. The molecular formula is C16H16F2N2O. The second-order valence-corrected chi connectivity index (χ2v) is 4.92. The van der Waals surface area contributed by atoms with E-state index in [0.717, 1.165) is 17.7 Å². The Morgan fingerprint density at radius 1 is 1.29 bits per heavy atom. The normalized spacial score (nSPS) is 12.0. The molecule has 1 heterocycles. The Morgan fingerprint density at radius 2 is 2.10 bits per heavy atom. The van der Waals surface area contributed by atoms with Crippen LogP contribution in [0.3, 0.4) is 0 Å². The molecule has 2 rings (SSSR count). The van der Waals surface area contributed by atoms with E-state index in [4.69, 9.17) is 0 Å². The minimum absolute atomic E-state index is 0.0991. The lowest BCUT2D eigenvalue weighted by Gasteiger charge is -2.13. The van der Waals surface area contributed by atoms with Crippen LogP contribution in [0.4, 0.5) is 8.78 Å². The maximum atomic E-state index is 13.2. The largest absolute Gasteiger partial charge is 0.355 e. The van der Waals surface area contributed by atoms with Crippen LogP contribution in [-0.2, 0) is 11.2 Å². The molecule has 1 N–H and O–H groups in total. The number of rotatable bonds is 5. The summed E-state index contributed by atoms with van der Waals surface area (Å²) < 4.78 is 26.0. The molecule has 110 valence electrons. The lowest BCUT2D eigenvalue weighted by molar-refractivity contribution is -0.120. The van der Waals surface area contributed by atoms with Gasteiger partial charge in [0, 0.05) is 18.9 Å². The summed E-state index contributed by atoms with van der Waals surface area (Å²) in [7, 11) is 0. The molecule has 0 aliphatic heterocycles. The first-order chi connectivity index (χ1) is 10.1. The van der Waals surface area contributed by atoms with Gasteiger partial charge in [-0.15, -0.1) is 0 Å². The molecule has 0 aliphatic rings. The summed E-state index contributed by atoms with van der Waals surface area (Å²) in [4.78, 5) is 15.7. The van der Waals surface area contributed by atoms with Crippen LogP contribution in [0.25, 0.3) is 0 Å². The maximum Gasteiger partial charge on any atom is 0.224 e. The fourth-order valence-electron chi connectivity index (χ4n) is 1.95. The molecule has 0 spiro atoms. The van der Waals surface area contributed by atoms with E-state index in [2.05, 4.69) is 10.3 Å². The number of amides is 1. The quantitative estimate of drug-likeness (QED) is 0.920. The minimum atomic E-state index is -0.874. The second kappa shape index (κ2) is 6.92. The Kier molecular flexibility index (Phi) is 4.98. The third-order valence-corrected chi connectivity index (χ3v) is 3.21. The van der Waals surface area contributed by atoms with Crippen molar-refractivity contribution >= 4 is 5.91 Å². The molecule has 1 atom stereocenters. The zero-order valence-electron chi connectivity index (χ0n) is 11.6. The second-order valence-electron chi connectivity index (χ2n) is 4.92. The Hall–Kier alpha value is -2.30. The Labute approximate surface area is 122 Å². The molecule has 0 bridgehead atoms. The van der Waals surface area contributed by atoms with Crippen LogP contribution in [0, 0.1) is 11.6 Å². The first-order valence-corrected chi connectivity index (χ1v) is 6.67. The third kappa shape index (κ3) is 4.34. The summed E-state index contributed by atoms with van der Waals surface area (Å²) >= 11 is 0. The molecule has 1 aromatic heterocycles. The molecule has 0 fully saturated rings. The highest BCUT2D eigenvalue weighted by Gasteiger charge is 2.11. The molecule has 0 saturated carbocycles. The standard InChI is InChI=1S/C16H16F2N2O/c1-11(13-4-5-14(17)15(18)8-13)9-20-16(21)7-12-3-2-6-19-10-12/h2-6,8,10-11H,7,9H2,1H3,(H,20,21)/t11-/m0/s1. The molecular weight excluding hydrogens is 274 g/mol. The Bertz CT molecular complexity index is 617. The van der Waals surface area contributed by atoms with Gasteiger partial charge in [0.15, 0.2) is 11.6 Å². The van der Waals surface area contributed by atoms with E-state index in [0.29, 0.717) is 12.1 Å². The monoisotopic (exact) mass is 290 g/mol. The van der Waals surface area contributed by atoms with Gasteiger partial charge in [0.2, 0.25) is 5.91 Å². The first-order valence-electron chi connectivity index (χ1n) is 6.67. The van der Waals surface area contributed by atoms with Crippen molar-refractivity contribution < 1.29 is 13.6 Å². The lowest BCUT2D eigenvalue weighted by Crippen LogP contribution is -2.29. The van der Waals surface area contributed by atoms with E-state index in [-0.39, 0.29) is 18.2 Å². The highest BCUT2D eigenvalue weighted by molar-refractivity contribution is 5.78. The Morgan fingerprint density at radius 3 is 2.76 bits per heavy atom. The van der Waals surface area contributed by atoms with Gasteiger partial charge in [0.1, 0.15) is 0 Å². The fourth-order valence-corrected chi connectivity index (χ4v) is 1.95. The lowest BCUT2D eigenvalue weighted by atomic mass is 10.0. The van der Waals surface area contributed by atoms with Crippen molar-refractivity contribution in [3.63, 3.8) is 0 Å². The zero-order valence-corrected chi connectivity index (χ0v) is 11.6. The van der Waals surface area contributed by atoms with E-state index < -0.39 is 11.6 Å². The number of halogens is 2. The summed E-state index contributed by atoms with van der Waals surface area (Å²) in [5, 5.41) is 2.78. The van der Waals surface area contributed by atoms with Crippen molar-refractivity contribution in [3.8, 4) is 0 Å². The number of nitrogens with one attached hydrogen (secondary N) is 1. The number of carbonyl (C=O) groups is 1. The topological polar surface area (TPSA) is 42.0 Å². The summed E-state index contributed by atoms with van der Waals surface area (Å²) in [5.74, 6) is -1.97. The molecule has 0 saturated heterocycles. The summed E-state index contributed by atoms with van der Waals surface area (Å²) in [6.45, 7) is 2.21. The number of benzene rings is 1. The van der Waals surface area contributed by atoms with Crippen molar-refractivity contribution in [2.45, 2.75) is 19.3 Å². The molecule has 3 nitrogen and oxygen atoms in total. The van der Waals surface area contributed by atoms with Crippen molar-refractivity contribution in [1.29, 1.82) is 0 Å². The van der Waals surface area contributed by atoms with Gasteiger partial charge in [-0.2, -0.15) is 0 Å². The molecule has 0 aliphatic carbocycles. The van der Waals surface area contributed by atoms with Crippen molar-refractivity contribution in [2.24, 2.45) is 0 Å². The molecule has 0 radical (unpaired) electrons. The highest BCUT2D eigenvalue weighted by atomic mass is 19.2. The summed E-state index contributed by atoms with van der Waals surface area (Å²) in [5.41, 5.74) is 1.48. The van der Waals surface area contributed by atoms with Crippen molar-refractivity contribution in [2.75, 3.05) is 6.54 Å². The molecule has 5 heteroatoms. The van der Waals surface area contributed by atoms with Gasteiger partial charge in [0.25, 0.3) is 0 Å². The first kappa shape index (κ1) is 15.1. The average molecular weight is 290 g/mol. The van der Waals surface area contributed by atoms with Crippen molar-refractivity contribution in [1.82, 2.24) is 10.3 Å². The predicted molar refractivity (Wildman–Crippen MR) is 75.7 cm³/mol. The number of nitrogens with zero attached hydrogens (tertiary/aromatic N) is 1. The number of pyridine rings is 1. The number of hydrogen-bond acceptors (Lipinski definition) is 2. The van der Waals surface area contributed by atoms with Gasteiger partial charge in [-0.05, 0) is 35.2 Å². The Balaban J connectivity index is 1.87. The summed E-state index contributed by atoms with van der Waals surface area (Å²) in [6.07, 6.45) is 3.53. The van der Waals surface area contributed by atoms with Crippen molar-refractivity contribution in [3.05, 3.63) is 65.5 Å². The van der Waals surface area contributed by atoms with Crippen LogP contribution in [0.15, 0.2) is 42.7 Å². The zero-order chi connectivity index (χ0) is 15.2. The summed E-state index contributed by atoms with van der Waals surface area (Å²) in [6, 6.07) is 7.38. The third-order valence-electron chi connectivity index (χ3n) is 3.21. The van der Waals surface area contributed by atoms with Crippen LogP contribution in [0.5, 0.6) is 0 Å².